The summed E-state index contributed by atoms with van der Waals surface area (Å²) in [5.74, 6) is -1.24. The maximum absolute atomic E-state index is 11.9. The smallest absolute Gasteiger partial charge is 0.334 e. The minimum atomic E-state index is -1.04. The predicted octanol–water partition coefficient (Wildman–Crippen LogP) is 0.558. The van der Waals surface area contributed by atoms with Crippen molar-refractivity contribution >= 4 is 11.9 Å². The van der Waals surface area contributed by atoms with Crippen LogP contribution in [0, 0.1) is 0 Å². The molecule has 2 rings (SSSR count). The third-order valence-corrected chi connectivity index (χ3v) is 3.30. The van der Waals surface area contributed by atoms with Crippen LogP contribution in [0.25, 0.3) is 0 Å². The number of carboxylic acids is 1. The molecule has 1 aliphatic rings. The average Bonchev–Trinajstić information content (AvgIpc) is 2.52. The lowest BCUT2D eigenvalue weighted by atomic mass is 10.2. The number of aliphatic carboxylic acids is 1. The first-order valence-electron chi connectivity index (χ1n) is 6.90. The first kappa shape index (κ1) is 15.5. The fourth-order valence-corrected chi connectivity index (χ4v) is 2.11. The highest BCUT2D eigenvalue weighted by Crippen LogP contribution is 2.06. The number of benzene rings is 1. The molecule has 1 amide bonds. The predicted molar refractivity (Wildman–Crippen MR) is 74.9 cm³/mol. The van der Waals surface area contributed by atoms with Crippen LogP contribution in [-0.2, 0) is 25.5 Å². The van der Waals surface area contributed by atoms with Crippen molar-refractivity contribution < 1.29 is 24.2 Å². The molecule has 0 bridgehead atoms. The van der Waals surface area contributed by atoms with Crippen molar-refractivity contribution in [1.82, 2.24) is 4.90 Å². The molecule has 1 saturated heterocycles. The van der Waals surface area contributed by atoms with Gasteiger partial charge in [0.25, 0.3) is 0 Å². The Balaban J connectivity index is 1.68. The van der Waals surface area contributed by atoms with E-state index in [0.717, 1.165) is 12.0 Å². The van der Waals surface area contributed by atoms with Crippen LogP contribution in [0.15, 0.2) is 30.3 Å². The fraction of sp³-hybridized carbons (Fsp3) is 0.467. The van der Waals surface area contributed by atoms with Gasteiger partial charge in [-0.1, -0.05) is 30.3 Å². The highest BCUT2D eigenvalue weighted by atomic mass is 16.5. The van der Waals surface area contributed by atoms with Crippen LogP contribution in [0.1, 0.15) is 5.56 Å². The number of carbonyl (C=O) groups is 2. The largest absolute Gasteiger partial charge is 0.479 e. The quantitative estimate of drug-likeness (QED) is 0.776. The molecule has 0 saturated carbocycles. The van der Waals surface area contributed by atoms with Gasteiger partial charge in [-0.15, -0.1) is 0 Å². The van der Waals surface area contributed by atoms with E-state index < -0.39 is 12.1 Å². The summed E-state index contributed by atoms with van der Waals surface area (Å²) in [5, 5.41) is 8.88. The lowest BCUT2D eigenvalue weighted by Gasteiger charge is -2.30. The Hall–Kier alpha value is -1.92. The molecule has 0 spiro atoms. The van der Waals surface area contributed by atoms with E-state index in [9.17, 15) is 9.59 Å². The van der Waals surface area contributed by atoms with Crippen LogP contribution in [0.3, 0.4) is 0 Å². The Morgan fingerprint density at radius 1 is 1.33 bits per heavy atom. The Labute approximate surface area is 123 Å². The molecule has 0 radical (unpaired) electrons. The molecule has 21 heavy (non-hydrogen) atoms. The van der Waals surface area contributed by atoms with E-state index in [1.165, 1.54) is 4.90 Å². The molecule has 114 valence electrons. The number of amides is 1. The van der Waals surface area contributed by atoms with Crippen LogP contribution in [0.2, 0.25) is 0 Å². The lowest BCUT2D eigenvalue weighted by Crippen LogP contribution is -2.49. The van der Waals surface area contributed by atoms with Crippen molar-refractivity contribution in [2.75, 3.05) is 32.9 Å². The number of hydrogen-bond donors (Lipinski definition) is 1. The molecule has 1 aliphatic heterocycles. The highest BCUT2D eigenvalue weighted by molar-refractivity contribution is 5.79. The maximum Gasteiger partial charge on any atom is 0.334 e. The van der Waals surface area contributed by atoms with Crippen LogP contribution in [0.4, 0.5) is 0 Å². The van der Waals surface area contributed by atoms with Gasteiger partial charge < -0.3 is 19.5 Å². The summed E-state index contributed by atoms with van der Waals surface area (Å²) in [6.45, 7) is 1.16. The topological polar surface area (TPSA) is 76.1 Å². The van der Waals surface area contributed by atoms with E-state index in [1.807, 2.05) is 30.3 Å². The molecule has 0 aliphatic carbocycles. The number of carboxylic acid groups (broad SMARTS) is 1. The molecule has 6 heteroatoms. The van der Waals surface area contributed by atoms with Crippen molar-refractivity contribution in [2.24, 2.45) is 0 Å². The van der Waals surface area contributed by atoms with E-state index in [2.05, 4.69) is 0 Å². The second-order valence-electron chi connectivity index (χ2n) is 4.83. The SMILES string of the molecule is O=C(O)[C@H]1CN(C(=O)COCCc2ccccc2)CCO1. The third kappa shape index (κ3) is 4.84. The van der Waals surface area contributed by atoms with Gasteiger partial charge in [0.05, 0.1) is 19.8 Å². The first-order valence-corrected chi connectivity index (χ1v) is 6.90. The molecule has 0 aromatic heterocycles. The van der Waals surface area contributed by atoms with E-state index in [4.69, 9.17) is 14.6 Å². The molecule has 1 fully saturated rings. The summed E-state index contributed by atoms with van der Waals surface area (Å²) < 4.78 is 10.4. The minimum absolute atomic E-state index is 0.0286. The van der Waals surface area contributed by atoms with Crippen molar-refractivity contribution in [3.8, 4) is 0 Å². The van der Waals surface area contributed by atoms with Crippen molar-refractivity contribution in [3.05, 3.63) is 35.9 Å². The second kappa shape index (κ2) is 7.75. The molecule has 1 heterocycles. The van der Waals surface area contributed by atoms with Crippen LogP contribution in [-0.4, -0.2) is 60.9 Å². The van der Waals surface area contributed by atoms with Gasteiger partial charge in [-0.3, -0.25) is 4.79 Å². The van der Waals surface area contributed by atoms with E-state index in [0.29, 0.717) is 13.2 Å². The molecular formula is C15H19NO5. The van der Waals surface area contributed by atoms with Gasteiger partial charge in [0.2, 0.25) is 5.91 Å². The van der Waals surface area contributed by atoms with Crippen molar-refractivity contribution in [3.63, 3.8) is 0 Å². The summed E-state index contributed by atoms with van der Waals surface area (Å²) in [7, 11) is 0. The molecule has 1 aromatic carbocycles. The van der Waals surface area contributed by atoms with Gasteiger partial charge in [-0.2, -0.15) is 0 Å². The number of morpholine rings is 1. The van der Waals surface area contributed by atoms with Crippen molar-refractivity contribution in [1.29, 1.82) is 0 Å². The van der Waals surface area contributed by atoms with Crippen LogP contribution in [0.5, 0.6) is 0 Å². The van der Waals surface area contributed by atoms with Gasteiger partial charge >= 0.3 is 5.97 Å². The maximum atomic E-state index is 11.9. The normalized spacial score (nSPS) is 18.5. The Morgan fingerprint density at radius 3 is 2.81 bits per heavy atom. The minimum Gasteiger partial charge on any atom is -0.479 e. The number of rotatable bonds is 6. The summed E-state index contributed by atoms with van der Waals surface area (Å²) >= 11 is 0. The molecule has 1 aromatic rings. The Kier molecular flexibility index (Phi) is 5.71. The third-order valence-electron chi connectivity index (χ3n) is 3.30. The van der Waals surface area contributed by atoms with E-state index in [-0.39, 0.29) is 25.7 Å². The van der Waals surface area contributed by atoms with E-state index >= 15 is 0 Å². The fourth-order valence-electron chi connectivity index (χ4n) is 2.11. The zero-order chi connectivity index (χ0) is 15.1. The van der Waals surface area contributed by atoms with Gasteiger partial charge in [0.15, 0.2) is 6.10 Å². The average molecular weight is 293 g/mol. The number of hydrogen-bond acceptors (Lipinski definition) is 4. The zero-order valence-corrected chi connectivity index (χ0v) is 11.7. The molecular weight excluding hydrogens is 274 g/mol. The molecule has 1 N–H and O–H groups in total. The Bertz CT molecular complexity index is 476. The zero-order valence-electron chi connectivity index (χ0n) is 11.7. The van der Waals surface area contributed by atoms with Crippen molar-refractivity contribution in [2.45, 2.75) is 12.5 Å². The van der Waals surface area contributed by atoms with Gasteiger partial charge in [-0.05, 0) is 12.0 Å². The monoisotopic (exact) mass is 293 g/mol. The standard InChI is InChI=1S/C15H19NO5/c17-14(16-7-9-21-13(10-16)15(18)19)11-20-8-6-12-4-2-1-3-5-12/h1-5,13H,6-11H2,(H,18,19)/t13-/m1/s1. The van der Waals surface area contributed by atoms with Gasteiger partial charge in [-0.25, -0.2) is 4.79 Å². The number of ether oxygens (including phenoxy) is 2. The molecule has 6 nitrogen and oxygen atoms in total. The highest BCUT2D eigenvalue weighted by Gasteiger charge is 2.28. The van der Waals surface area contributed by atoms with Crippen LogP contribution < -0.4 is 0 Å². The molecule has 0 unspecified atom stereocenters. The lowest BCUT2D eigenvalue weighted by molar-refractivity contribution is -0.160. The van der Waals surface area contributed by atoms with Gasteiger partial charge in [0.1, 0.15) is 6.61 Å². The summed E-state index contributed by atoms with van der Waals surface area (Å²) in [4.78, 5) is 24.3. The number of carbonyl (C=O) groups excluding carboxylic acids is 1. The van der Waals surface area contributed by atoms with E-state index in [1.54, 1.807) is 0 Å². The van der Waals surface area contributed by atoms with Gasteiger partial charge in [0, 0.05) is 6.54 Å². The first-order chi connectivity index (χ1) is 10.2. The Morgan fingerprint density at radius 2 is 2.10 bits per heavy atom. The summed E-state index contributed by atoms with van der Waals surface area (Å²) in [5.41, 5.74) is 1.15. The second-order valence-corrected chi connectivity index (χ2v) is 4.83. The summed E-state index contributed by atoms with van der Waals surface area (Å²) in [6, 6.07) is 9.88. The molecule has 1 atom stereocenters. The van der Waals surface area contributed by atoms with Crippen LogP contribution >= 0.6 is 0 Å². The number of nitrogens with zero attached hydrogens (tertiary/aromatic N) is 1. The summed E-state index contributed by atoms with van der Waals surface area (Å²) in [6.07, 6.45) is -0.193.